The lowest BCUT2D eigenvalue weighted by Crippen LogP contribution is -2.19. The van der Waals surface area contributed by atoms with Gasteiger partial charge in [0.05, 0.1) is 6.10 Å². The van der Waals surface area contributed by atoms with Gasteiger partial charge in [-0.2, -0.15) is 0 Å². The van der Waals surface area contributed by atoms with E-state index in [4.69, 9.17) is 21.1 Å². The minimum absolute atomic E-state index is 0.188. The summed E-state index contributed by atoms with van der Waals surface area (Å²) in [6, 6.07) is 13.9. The fourth-order valence-electron chi connectivity index (χ4n) is 2.43. The smallest absolute Gasteiger partial charge is 0.323 e. The molecule has 2 N–H and O–H groups in total. The number of urea groups is 1. The maximum absolute atomic E-state index is 11.9. The molecule has 6 heteroatoms. The number of carbonyl (C=O) groups is 1. The molecule has 0 spiro atoms. The first-order chi connectivity index (χ1) is 11.7. The van der Waals surface area contributed by atoms with Gasteiger partial charge in [0.25, 0.3) is 0 Å². The molecule has 1 unspecified atom stereocenters. The third-order valence-electron chi connectivity index (χ3n) is 3.67. The normalized spacial score (nSPS) is 16.6. The maximum atomic E-state index is 11.9. The van der Waals surface area contributed by atoms with Crippen molar-refractivity contribution in [3.8, 4) is 5.75 Å². The highest BCUT2D eigenvalue weighted by molar-refractivity contribution is 6.30. The number of hydrogen-bond donors (Lipinski definition) is 2. The van der Waals surface area contributed by atoms with E-state index in [0.29, 0.717) is 23.0 Å². The van der Waals surface area contributed by atoms with Gasteiger partial charge in [-0.15, -0.1) is 0 Å². The van der Waals surface area contributed by atoms with Crippen LogP contribution >= 0.6 is 11.6 Å². The second kappa shape index (κ2) is 8.04. The average Bonchev–Trinajstić information content (AvgIpc) is 3.10. The van der Waals surface area contributed by atoms with Crippen molar-refractivity contribution in [3.63, 3.8) is 0 Å². The van der Waals surface area contributed by atoms with Crippen molar-refractivity contribution >= 4 is 29.0 Å². The lowest BCUT2D eigenvalue weighted by molar-refractivity contribution is 0.0679. The summed E-state index contributed by atoms with van der Waals surface area (Å²) >= 11 is 5.81. The minimum atomic E-state index is -0.314. The predicted molar refractivity (Wildman–Crippen MR) is 95.0 cm³/mol. The molecule has 1 aliphatic rings. The molecule has 2 aromatic carbocycles. The Labute approximate surface area is 145 Å². The molecule has 0 bridgehead atoms. The molecule has 0 saturated carbocycles. The van der Waals surface area contributed by atoms with Crippen LogP contribution in [0.1, 0.15) is 12.8 Å². The van der Waals surface area contributed by atoms with Crippen LogP contribution in [0.2, 0.25) is 5.02 Å². The molecule has 0 aromatic heterocycles. The Kier molecular flexibility index (Phi) is 5.56. The lowest BCUT2D eigenvalue weighted by Gasteiger charge is -2.12. The highest BCUT2D eigenvalue weighted by Crippen LogP contribution is 2.19. The van der Waals surface area contributed by atoms with Gasteiger partial charge in [0.15, 0.2) is 0 Å². The molecule has 1 heterocycles. The van der Waals surface area contributed by atoms with E-state index in [-0.39, 0.29) is 12.1 Å². The van der Waals surface area contributed by atoms with Gasteiger partial charge in [0.2, 0.25) is 0 Å². The third-order valence-corrected chi connectivity index (χ3v) is 3.93. The van der Waals surface area contributed by atoms with E-state index in [1.54, 1.807) is 36.4 Å². The SMILES string of the molecule is O=C(Nc1ccc(Cl)cc1)Nc1ccc(OCC2CCCO2)cc1. The fourth-order valence-corrected chi connectivity index (χ4v) is 2.55. The molecular weight excluding hydrogens is 328 g/mol. The minimum Gasteiger partial charge on any atom is -0.491 e. The monoisotopic (exact) mass is 346 g/mol. The molecule has 126 valence electrons. The molecule has 0 aliphatic carbocycles. The lowest BCUT2D eigenvalue weighted by atomic mass is 10.2. The molecule has 1 fully saturated rings. The molecular formula is C18H19ClN2O3. The van der Waals surface area contributed by atoms with Gasteiger partial charge in [0.1, 0.15) is 12.4 Å². The molecule has 3 rings (SSSR count). The number of rotatable bonds is 5. The van der Waals surface area contributed by atoms with Crippen molar-refractivity contribution in [1.82, 2.24) is 0 Å². The number of ether oxygens (including phenoxy) is 2. The average molecular weight is 347 g/mol. The molecule has 1 saturated heterocycles. The Morgan fingerprint density at radius 3 is 2.29 bits per heavy atom. The van der Waals surface area contributed by atoms with Crippen LogP contribution in [0.4, 0.5) is 16.2 Å². The Balaban J connectivity index is 1.47. The summed E-state index contributed by atoms with van der Waals surface area (Å²) in [5.74, 6) is 0.758. The van der Waals surface area contributed by atoms with Gasteiger partial charge in [-0.25, -0.2) is 4.79 Å². The number of benzene rings is 2. The molecule has 0 radical (unpaired) electrons. The Morgan fingerprint density at radius 2 is 1.71 bits per heavy atom. The van der Waals surface area contributed by atoms with Crippen LogP contribution in [0.3, 0.4) is 0 Å². The van der Waals surface area contributed by atoms with Crippen LogP contribution in [0.25, 0.3) is 0 Å². The zero-order valence-electron chi connectivity index (χ0n) is 13.1. The molecule has 2 aromatic rings. The summed E-state index contributed by atoms with van der Waals surface area (Å²) < 4.78 is 11.2. The molecule has 1 aliphatic heterocycles. The van der Waals surface area contributed by atoms with Gasteiger partial charge < -0.3 is 20.1 Å². The summed E-state index contributed by atoms with van der Waals surface area (Å²) in [6.07, 6.45) is 2.33. The van der Waals surface area contributed by atoms with Crippen LogP contribution in [0, 0.1) is 0 Å². The number of anilines is 2. The largest absolute Gasteiger partial charge is 0.491 e. The molecule has 2 amide bonds. The van der Waals surface area contributed by atoms with Crippen LogP contribution in [-0.4, -0.2) is 25.3 Å². The van der Waals surface area contributed by atoms with E-state index in [1.807, 2.05) is 12.1 Å². The highest BCUT2D eigenvalue weighted by atomic mass is 35.5. The molecule has 1 atom stereocenters. The Hall–Kier alpha value is -2.24. The van der Waals surface area contributed by atoms with Gasteiger partial charge >= 0.3 is 6.03 Å². The second-order valence-electron chi connectivity index (χ2n) is 5.56. The number of amides is 2. The van der Waals surface area contributed by atoms with Crippen molar-refractivity contribution in [3.05, 3.63) is 53.6 Å². The van der Waals surface area contributed by atoms with Crippen LogP contribution in [-0.2, 0) is 4.74 Å². The van der Waals surface area contributed by atoms with E-state index in [0.717, 1.165) is 25.2 Å². The van der Waals surface area contributed by atoms with Crippen LogP contribution < -0.4 is 15.4 Å². The standard InChI is InChI=1S/C18H19ClN2O3/c19-13-3-5-14(6-4-13)20-18(22)21-15-7-9-16(10-8-15)24-12-17-2-1-11-23-17/h3-10,17H,1-2,11-12H2,(H2,20,21,22). The zero-order chi connectivity index (χ0) is 16.8. The highest BCUT2D eigenvalue weighted by Gasteiger charge is 2.15. The van der Waals surface area contributed by atoms with Gasteiger partial charge in [0, 0.05) is 23.0 Å². The Morgan fingerprint density at radius 1 is 1.08 bits per heavy atom. The van der Waals surface area contributed by atoms with E-state index < -0.39 is 0 Å². The number of nitrogens with one attached hydrogen (secondary N) is 2. The summed E-state index contributed by atoms with van der Waals surface area (Å²) in [4.78, 5) is 11.9. The summed E-state index contributed by atoms with van der Waals surface area (Å²) in [6.45, 7) is 1.38. The van der Waals surface area contributed by atoms with Crippen molar-refractivity contribution in [1.29, 1.82) is 0 Å². The fraction of sp³-hybridized carbons (Fsp3) is 0.278. The Bertz CT molecular complexity index is 668. The van der Waals surface area contributed by atoms with Crippen molar-refractivity contribution in [2.75, 3.05) is 23.8 Å². The molecule has 24 heavy (non-hydrogen) atoms. The van der Waals surface area contributed by atoms with Gasteiger partial charge in [-0.3, -0.25) is 0 Å². The van der Waals surface area contributed by atoms with Gasteiger partial charge in [-0.05, 0) is 61.4 Å². The quantitative estimate of drug-likeness (QED) is 0.835. The van der Waals surface area contributed by atoms with E-state index in [1.165, 1.54) is 0 Å². The number of carbonyl (C=O) groups excluding carboxylic acids is 1. The third kappa shape index (κ3) is 4.88. The second-order valence-corrected chi connectivity index (χ2v) is 5.99. The molecule has 5 nitrogen and oxygen atoms in total. The summed E-state index contributed by atoms with van der Waals surface area (Å²) in [5, 5.41) is 6.13. The van der Waals surface area contributed by atoms with Crippen molar-refractivity contribution in [2.45, 2.75) is 18.9 Å². The summed E-state index contributed by atoms with van der Waals surface area (Å²) in [7, 11) is 0. The first-order valence-corrected chi connectivity index (χ1v) is 8.25. The van der Waals surface area contributed by atoms with Gasteiger partial charge in [-0.1, -0.05) is 11.6 Å². The number of halogens is 1. The van der Waals surface area contributed by atoms with Crippen LogP contribution in [0.15, 0.2) is 48.5 Å². The zero-order valence-corrected chi connectivity index (χ0v) is 13.9. The van der Waals surface area contributed by atoms with Crippen molar-refractivity contribution in [2.24, 2.45) is 0 Å². The maximum Gasteiger partial charge on any atom is 0.323 e. The topological polar surface area (TPSA) is 59.6 Å². The predicted octanol–water partition coefficient (Wildman–Crippen LogP) is 4.54. The van der Waals surface area contributed by atoms with Crippen molar-refractivity contribution < 1.29 is 14.3 Å². The van der Waals surface area contributed by atoms with E-state index in [2.05, 4.69) is 10.6 Å². The van der Waals surface area contributed by atoms with Crippen LogP contribution in [0.5, 0.6) is 5.75 Å². The first-order valence-electron chi connectivity index (χ1n) is 7.87. The first kappa shape index (κ1) is 16.6. The van der Waals surface area contributed by atoms with E-state index in [9.17, 15) is 4.79 Å². The van der Waals surface area contributed by atoms with E-state index >= 15 is 0 Å². The number of hydrogen-bond acceptors (Lipinski definition) is 3. The summed E-state index contributed by atoms with van der Waals surface area (Å²) in [5.41, 5.74) is 1.36.